The van der Waals surface area contributed by atoms with E-state index in [1.54, 1.807) is 7.11 Å². The van der Waals surface area contributed by atoms with E-state index in [4.69, 9.17) is 4.74 Å². The van der Waals surface area contributed by atoms with Gasteiger partial charge in [-0.2, -0.15) is 0 Å². The zero-order valence-electron chi connectivity index (χ0n) is 13.0. The van der Waals surface area contributed by atoms with Gasteiger partial charge in [-0.25, -0.2) is 0 Å². The minimum atomic E-state index is 0.437. The maximum absolute atomic E-state index is 5.27. The minimum Gasteiger partial charge on any atom is -0.497 e. The van der Waals surface area contributed by atoms with Crippen LogP contribution in [0, 0.1) is 0 Å². The Balaban J connectivity index is 2.70. The maximum atomic E-state index is 5.27. The van der Waals surface area contributed by atoms with Crippen LogP contribution in [0.2, 0.25) is 0 Å². The van der Waals surface area contributed by atoms with Crippen LogP contribution in [0.5, 0.6) is 5.75 Å². The first-order valence-corrected chi connectivity index (χ1v) is 8.59. The highest BCUT2D eigenvalue weighted by Gasteiger charge is 2.14. The second kappa shape index (κ2) is 10.2. The lowest BCUT2D eigenvalue weighted by molar-refractivity contribution is 0.413. The molecule has 0 aliphatic rings. The maximum Gasteiger partial charge on any atom is 0.120 e. The highest BCUT2D eigenvalue weighted by molar-refractivity contribution is 9.10. The average Bonchev–Trinajstić information content (AvgIpc) is 2.47. The van der Waals surface area contributed by atoms with Crippen LogP contribution in [0.15, 0.2) is 22.7 Å². The van der Waals surface area contributed by atoms with Gasteiger partial charge >= 0.3 is 0 Å². The summed E-state index contributed by atoms with van der Waals surface area (Å²) in [6, 6.07) is 6.72. The fraction of sp³-hybridized carbons (Fsp3) is 0.647. The van der Waals surface area contributed by atoms with Gasteiger partial charge in [0.1, 0.15) is 5.75 Å². The van der Waals surface area contributed by atoms with E-state index in [0.29, 0.717) is 6.04 Å². The SMILES string of the molecule is CCCCCCC(NCCC)c1ccc(OC)cc1Br. The van der Waals surface area contributed by atoms with Gasteiger partial charge in [0.05, 0.1) is 7.11 Å². The number of halogens is 1. The van der Waals surface area contributed by atoms with Crippen molar-refractivity contribution in [2.45, 2.75) is 58.4 Å². The van der Waals surface area contributed by atoms with Crippen molar-refractivity contribution in [1.82, 2.24) is 5.32 Å². The molecule has 0 bridgehead atoms. The molecule has 0 aromatic heterocycles. The predicted molar refractivity (Wildman–Crippen MR) is 90.5 cm³/mol. The molecule has 1 rings (SSSR count). The lowest BCUT2D eigenvalue weighted by Crippen LogP contribution is -2.22. The van der Waals surface area contributed by atoms with Gasteiger partial charge in [0, 0.05) is 10.5 Å². The van der Waals surface area contributed by atoms with Gasteiger partial charge in [-0.3, -0.25) is 0 Å². The number of hydrogen-bond acceptors (Lipinski definition) is 2. The third kappa shape index (κ3) is 5.84. The van der Waals surface area contributed by atoms with Crippen LogP contribution in [0.3, 0.4) is 0 Å². The molecule has 0 saturated heterocycles. The summed E-state index contributed by atoms with van der Waals surface area (Å²) in [5, 5.41) is 3.67. The Labute approximate surface area is 132 Å². The smallest absolute Gasteiger partial charge is 0.120 e. The van der Waals surface area contributed by atoms with Gasteiger partial charge in [0.25, 0.3) is 0 Å². The third-order valence-electron chi connectivity index (χ3n) is 3.57. The molecule has 1 atom stereocenters. The summed E-state index contributed by atoms with van der Waals surface area (Å²) in [5.74, 6) is 0.904. The summed E-state index contributed by atoms with van der Waals surface area (Å²) in [6.07, 6.45) is 7.61. The molecule has 0 radical (unpaired) electrons. The molecule has 0 amide bonds. The number of nitrogens with one attached hydrogen (secondary N) is 1. The van der Waals surface area contributed by atoms with Crippen LogP contribution < -0.4 is 10.1 Å². The number of ether oxygens (including phenoxy) is 1. The van der Waals surface area contributed by atoms with Crippen LogP contribution >= 0.6 is 15.9 Å². The molecule has 1 aromatic carbocycles. The van der Waals surface area contributed by atoms with Crippen LogP contribution in [0.4, 0.5) is 0 Å². The van der Waals surface area contributed by atoms with Crippen molar-refractivity contribution in [2.75, 3.05) is 13.7 Å². The normalized spacial score (nSPS) is 12.4. The molecule has 1 unspecified atom stereocenters. The van der Waals surface area contributed by atoms with Crippen molar-refractivity contribution in [3.63, 3.8) is 0 Å². The second-order valence-electron chi connectivity index (χ2n) is 5.24. The molecule has 0 aliphatic carbocycles. The number of rotatable bonds is 10. The minimum absolute atomic E-state index is 0.437. The van der Waals surface area contributed by atoms with Crippen LogP contribution in [-0.2, 0) is 0 Å². The molecule has 0 spiro atoms. The summed E-state index contributed by atoms with van der Waals surface area (Å²) in [5.41, 5.74) is 1.34. The predicted octanol–water partition coefficient (Wildman–Crippen LogP) is 5.47. The van der Waals surface area contributed by atoms with Crippen molar-refractivity contribution in [2.24, 2.45) is 0 Å². The zero-order valence-corrected chi connectivity index (χ0v) is 14.6. The van der Waals surface area contributed by atoms with Crippen molar-refractivity contribution in [3.8, 4) is 5.75 Å². The largest absolute Gasteiger partial charge is 0.497 e. The van der Waals surface area contributed by atoms with Crippen LogP contribution in [0.25, 0.3) is 0 Å². The Morgan fingerprint density at radius 1 is 1.15 bits per heavy atom. The number of unbranched alkanes of at least 4 members (excludes halogenated alkanes) is 3. The number of benzene rings is 1. The summed E-state index contributed by atoms with van der Waals surface area (Å²) in [4.78, 5) is 0. The summed E-state index contributed by atoms with van der Waals surface area (Å²) >= 11 is 3.68. The Morgan fingerprint density at radius 2 is 1.95 bits per heavy atom. The standard InChI is InChI=1S/C17H28BrNO/c1-4-6-7-8-9-17(19-12-5-2)15-11-10-14(20-3)13-16(15)18/h10-11,13,17,19H,4-9,12H2,1-3H3. The van der Waals surface area contributed by atoms with Crippen LogP contribution in [-0.4, -0.2) is 13.7 Å². The van der Waals surface area contributed by atoms with Crippen LogP contribution in [0.1, 0.15) is 64.0 Å². The van der Waals surface area contributed by atoms with E-state index in [-0.39, 0.29) is 0 Å². The summed E-state index contributed by atoms with van der Waals surface area (Å²) in [6.45, 7) is 5.54. The molecule has 20 heavy (non-hydrogen) atoms. The molecule has 114 valence electrons. The van der Waals surface area contributed by atoms with Gasteiger partial charge in [0.2, 0.25) is 0 Å². The quantitative estimate of drug-likeness (QED) is 0.569. The first-order chi connectivity index (χ1) is 9.72. The van der Waals surface area contributed by atoms with Gasteiger partial charge in [0.15, 0.2) is 0 Å². The Kier molecular flexibility index (Phi) is 8.95. The molecule has 3 heteroatoms. The molecule has 0 heterocycles. The summed E-state index contributed by atoms with van der Waals surface area (Å²) in [7, 11) is 1.71. The topological polar surface area (TPSA) is 21.3 Å². The van der Waals surface area contributed by atoms with E-state index >= 15 is 0 Å². The average molecular weight is 342 g/mol. The third-order valence-corrected chi connectivity index (χ3v) is 4.26. The van der Waals surface area contributed by atoms with Gasteiger partial charge < -0.3 is 10.1 Å². The molecule has 0 fully saturated rings. The fourth-order valence-electron chi connectivity index (χ4n) is 2.38. The first kappa shape index (κ1) is 17.5. The van der Waals surface area contributed by atoms with Crippen molar-refractivity contribution >= 4 is 15.9 Å². The van der Waals surface area contributed by atoms with E-state index in [1.807, 2.05) is 6.07 Å². The number of hydrogen-bond donors (Lipinski definition) is 1. The number of methoxy groups -OCH3 is 1. The molecule has 0 saturated carbocycles. The van der Waals surface area contributed by atoms with E-state index in [1.165, 1.54) is 44.1 Å². The molecule has 2 nitrogen and oxygen atoms in total. The highest BCUT2D eigenvalue weighted by atomic mass is 79.9. The van der Waals surface area contributed by atoms with Gasteiger partial charge in [-0.15, -0.1) is 0 Å². The molecule has 1 aromatic rings. The first-order valence-electron chi connectivity index (χ1n) is 7.79. The Bertz CT molecular complexity index is 381. The van der Waals surface area contributed by atoms with E-state index in [9.17, 15) is 0 Å². The lowest BCUT2D eigenvalue weighted by atomic mass is 9.99. The lowest BCUT2D eigenvalue weighted by Gasteiger charge is -2.21. The van der Waals surface area contributed by atoms with Gasteiger partial charge in [-0.05, 0) is 37.1 Å². The van der Waals surface area contributed by atoms with Crippen molar-refractivity contribution in [3.05, 3.63) is 28.2 Å². The Morgan fingerprint density at radius 3 is 2.55 bits per heavy atom. The van der Waals surface area contributed by atoms with Crippen molar-refractivity contribution in [1.29, 1.82) is 0 Å². The highest BCUT2D eigenvalue weighted by Crippen LogP contribution is 2.30. The molecule has 0 aliphatic heterocycles. The molecular formula is C17H28BrNO. The zero-order chi connectivity index (χ0) is 14.8. The van der Waals surface area contributed by atoms with E-state index < -0.39 is 0 Å². The van der Waals surface area contributed by atoms with E-state index in [2.05, 4.69) is 47.2 Å². The van der Waals surface area contributed by atoms with Crippen molar-refractivity contribution < 1.29 is 4.74 Å². The summed E-state index contributed by atoms with van der Waals surface area (Å²) < 4.78 is 6.41. The molecular weight excluding hydrogens is 314 g/mol. The van der Waals surface area contributed by atoms with E-state index in [0.717, 1.165) is 16.8 Å². The second-order valence-corrected chi connectivity index (χ2v) is 6.10. The molecule has 1 N–H and O–H groups in total. The fourth-order valence-corrected chi connectivity index (χ4v) is 3.01. The van der Waals surface area contributed by atoms with Gasteiger partial charge in [-0.1, -0.05) is 61.5 Å². The monoisotopic (exact) mass is 341 g/mol. The Hall–Kier alpha value is -0.540.